The van der Waals surface area contributed by atoms with Crippen LogP contribution in [0.5, 0.6) is 5.75 Å². The molecule has 2 rings (SSSR count). The van der Waals surface area contributed by atoms with E-state index in [1.807, 2.05) is 31.2 Å². The van der Waals surface area contributed by atoms with Crippen LogP contribution >= 0.6 is 0 Å². The lowest BCUT2D eigenvalue weighted by Crippen LogP contribution is -2.29. The van der Waals surface area contributed by atoms with E-state index >= 15 is 0 Å². The molecule has 0 aliphatic carbocycles. The number of hydrogen-bond donors (Lipinski definition) is 2. The van der Waals surface area contributed by atoms with Gasteiger partial charge in [-0.2, -0.15) is 0 Å². The molecule has 0 saturated carbocycles. The van der Waals surface area contributed by atoms with E-state index in [-0.39, 0.29) is 18.1 Å². The van der Waals surface area contributed by atoms with Gasteiger partial charge in [-0.1, -0.05) is 18.2 Å². The highest BCUT2D eigenvalue weighted by Gasteiger charge is 2.09. The molecule has 7 heteroatoms. The van der Waals surface area contributed by atoms with E-state index in [1.165, 1.54) is 12.1 Å². The van der Waals surface area contributed by atoms with Gasteiger partial charge in [0.05, 0.1) is 18.6 Å². The second-order valence-corrected chi connectivity index (χ2v) is 5.23. The van der Waals surface area contributed by atoms with Gasteiger partial charge >= 0.3 is 0 Å². The van der Waals surface area contributed by atoms with E-state index in [1.54, 1.807) is 13.2 Å². The molecule has 7 nitrogen and oxygen atoms in total. The number of carbonyl (C=O) groups excluding carboxylic acids is 1. The average Bonchev–Trinajstić information content (AvgIpc) is 2.59. The predicted octanol–water partition coefficient (Wildman–Crippen LogP) is 2.64. The Bertz CT molecular complexity index is 729. The number of nitrogens with zero attached hydrogens (tertiary/aromatic N) is 1. The minimum absolute atomic E-state index is 0.0123. The number of anilines is 1. The molecule has 0 atom stereocenters. The fourth-order valence-corrected chi connectivity index (χ4v) is 2.10. The highest BCUT2D eigenvalue weighted by atomic mass is 16.6. The largest absolute Gasteiger partial charge is 0.497 e. The van der Waals surface area contributed by atoms with Crippen molar-refractivity contribution < 1.29 is 14.5 Å². The number of nitro groups is 1. The highest BCUT2D eigenvalue weighted by Crippen LogP contribution is 2.21. The molecule has 24 heavy (non-hydrogen) atoms. The van der Waals surface area contributed by atoms with Crippen molar-refractivity contribution in [1.82, 2.24) is 5.32 Å². The Morgan fingerprint density at radius 2 is 1.92 bits per heavy atom. The summed E-state index contributed by atoms with van der Waals surface area (Å²) in [6, 6.07) is 11.9. The molecule has 0 unspecified atom stereocenters. The number of nitro benzene ring substituents is 1. The lowest BCUT2D eigenvalue weighted by Gasteiger charge is -2.10. The zero-order valence-electron chi connectivity index (χ0n) is 13.5. The molecule has 2 N–H and O–H groups in total. The molecule has 0 saturated heterocycles. The number of rotatable bonds is 7. The first-order valence-electron chi connectivity index (χ1n) is 7.38. The van der Waals surface area contributed by atoms with Gasteiger partial charge in [0.15, 0.2) is 0 Å². The molecule has 2 aromatic rings. The summed E-state index contributed by atoms with van der Waals surface area (Å²) in [5.74, 6) is 0.560. The van der Waals surface area contributed by atoms with E-state index in [9.17, 15) is 14.9 Å². The molecule has 0 radical (unpaired) electrons. The Hall–Kier alpha value is -3.09. The zero-order valence-corrected chi connectivity index (χ0v) is 13.5. The molecule has 2 aromatic carbocycles. The van der Waals surface area contributed by atoms with Crippen LogP contribution in [0.3, 0.4) is 0 Å². The van der Waals surface area contributed by atoms with Crippen LogP contribution in [-0.4, -0.2) is 24.5 Å². The van der Waals surface area contributed by atoms with Crippen LogP contribution < -0.4 is 15.4 Å². The maximum absolute atomic E-state index is 11.9. The van der Waals surface area contributed by atoms with Crippen molar-refractivity contribution in [2.75, 3.05) is 19.0 Å². The van der Waals surface area contributed by atoms with Gasteiger partial charge in [-0.3, -0.25) is 14.9 Å². The van der Waals surface area contributed by atoms with E-state index in [4.69, 9.17) is 4.74 Å². The van der Waals surface area contributed by atoms with Gasteiger partial charge in [-0.25, -0.2) is 0 Å². The van der Waals surface area contributed by atoms with Gasteiger partial charge < -0.3 is 15.4 Å². The number of methoxy groups -OCH3 is 1. The van der Waals surface area contributed by atoms with Crippen LogP contribution in [0.15, 0.2) is 42.5 Å². The molecule has 0 spiro atoms. The average molecular weight is 329 g/mol. The maximum atomic E-state index is 11.9. The van der Waals surface area contributed by atoms with E-state index in [0.29, 0.717) is 12.2 Å². The summed E-state index contributed by atoms with van der Waals surface area (Å²) in [6.45, 7) is 2.26. The van der Waals surface area contributed by atoms with Crippen molar-refractivity contribution in [3.8, 4) is 5.75 Å². The molecule has 0 heterocycles. The van der Waals surface area contributed by atoms with Crippen molar-refractivity contribution in [3.05, 3.63) is 63.7 Å². The Balaban J connectivity index is 1.86. The van der Waals surface area contributed by atoms with Crippen LogP contribution in [0.4, 0.5) is 11.4 Å². The number of hydrogen-bond acceptors (Lipinski definition) is 5. The van der Waals surface area contributed by atoms with Crippen molar-refractivity contribution in [2.24, 2.45) is 0 Å². The molecule has 0 aliphatic heterocycles. The minimum atomic E-state index is -0.464. The van der Waals surface area contributed by atoms with E-state index in [2.05, 4.69) is 10.6 Å². The molecule has 0 aromatic heterocycles. The Labute approximate surface area is 139 Å². The fourth-order valence-electron chi connectivity index (χ4n) is 2.10. The summed E-state index contributed by atoms with van der Waals surface area (Å²) < 4.78 is 5.07. The highest BCUT2D eigenvalue weighted by molar-refractivity contribution is 5.81. The minimum Gasteiger partial charge on any atom is -0.497 e. The van der Waals surface area contributed by atoms with Crippen LogP contribution in [-0.2, 0) is 11.3 Å². The quantitative estimate of drug-likeness (QED) is 0.601. The monoisotopic (exact) mass is 329 g/mol. The van der Waals surface area contributed by atoms with Gasteiger partial charge in [0.1, 0.15) is 5.75 Å². The molecule has 0 bridgehead atoms. The second-order valence-electron chi connectivity index (χ2n) is 5.23. The van der Waals surface area contributed by atoms with Crippen molar-refractivity contribution in [1.29, 1.82) is 0 Å². The molecular formula is C17H19N3O4. The third kappa shape index (κ3) is 4.70. The molecular weight excluding hydrogens is 310 g/mol. The molecule has 126 valence electrons. The predicted molar refractivity (Wildman–Crippen MR) is 91.2 cm³/mol. The fraction of sp³-hybridized carbons (Fsp3) is 0.235. The lowest BCUT2D eigenvalue weighted by molar-refractivity contribution is -0.384. The summed E-state index contributed by atoms with van der Waals surface area (Å²) in [5, 5.41) is 16.5. The Morgan fingerprint density at radius 3 is 2.54 bits per heavy atom. The smallest absolute Gasteiger partial charge is 0.271 e. The SMILES string of the molecule is COc1ccc(CNC(=O)CNc2cc([N+](=O)[O-])ccc2C)cc1. The van der Waals surface area contributed by atoms with Gasteiger partial charge in [-0.15, -0.1) is 0 Å². The third-order valence-corrected chi connectivity index (χ3v) is 3.52. The van der Waals surface area contributed by atoms with Crippen LogP contribution in [0, 0.1) is 17.0 Å². The lowest BCUT2D eigenvalue weighted by atomic mass is 10.2. The first-order chi connectivity index (χ1) is 11.5. The van der Waals surface area contributed by atoms with E-state index in [0.717, 1.165) is 16.9 Å². The van der Waals surface area contributed by atoms with Gasteiger partial charge in [0.25, 0.3) is 5.69 Å². The van der Waals surface area contributed by atoms with Gasteiger partial charge in [0, 0.05) is 24.4 Å². The second kappa shape index (κ2) is 7.96. The van der Waals surface area contributed by atoms with Crippen LogP contribution in [0.25, 0.3) is 0 Å². The van der Waals surface area contributed by atoms with E-state index < -0.39 is 4.92 Å². The number of benzene rings is 2. The number of nitrogens with one attached hydrogen (secondary N) is 2. The first kappa shape index (κ1) is 17.3. The zero-order chi connectivity index (χ0) is 17.5. The Morgan fingerprint density at radius 1 is 1.21 bits per heavy atom. The van der Waals surface area contributed by atoms with Crippen molar-refractivity contribution >= 4 is 17.3 Å². The first-order valence-corrected chi connectivity index (χ1v) is 7.38. The summed E-state index contributed by atoms with van der Waals surface area (Å²) >= 11 is 0. The van der Waals surface area contributed by atoms with Crippen LogP contribution in [0.2, 0.25) is 0 Å². The normalized spacial score (nSPS) is 10.1. The number of aryl methyl sites for hydroxylation is 1. The third-order valence-electron chi connectivity index (χ3n) is 3.52. The molecule has 1 amide bonds. The summed E-state index contributed by atoms with van der Waals surface area (Å²) in [6.07, 6.45) is 0. The van der Waals surface area contributed by atoms with Crippen molar-refractivity contribution in [2.45, 2.75) is 13.5 Å². The van der Waals surface area contributed by atoms with Gasteiger partial charge in [-0.05, 0) is 30.2 Å². The number of ether oxygens (including phenoxy) is 1. The van der Waals surface area contributed by atoms with Crippen LogP contribution in [0.1, 0.15) is 11.1 Å². The number of non-ortho nitro benzene ring substituents is 1. The molecule has 0 fully saturated rings. The van der Waals surface area contributed by atoms with Gasteiger partial charge in [0.2, 0.25) is 5.91 Å². The standard InChI is InChI=1S/C17H19N3O4/c1-12-3-6-14(20(22)23)9-16(12)18-11-17(21)19-10-13-4-7-15(24-2)8-5-13/h3-9,18H,10-11H2,1-2H3,(H,19,21). The maximum Gasteiger partial charge on any atom is 0.271 e. The summed E-state index contributed by atoms with van der Waals surface area (Å²) in [4.78, 5) is 22.2. The number of amides is 1. The van der Waals surface area contributed by atoms with Crippen molar-refractivity contribution in [3.63, 3.8) is 0 Å². The summed E-state index contributed by atoms with van der Waals surface area (Å²) in [7, 11) is 1.60. The topological polar surface area (TPSA) is 93.5 Å². The summed E-state index contributed by atoms with van der Waals surface area (Å²) in [5.41, 5.74) is 2.35. The number of carbonyl (C=O) groups is 1. The molecule has 0 aliphatic rings. The Kier molecular flexibility index (Phi) is 5.73.